The summed E-state index contributed by atoms with van der Waals surface area (Å²) in [7, 11) is 1.35. The highest BCUT2D eigenvalue weighted by molar-refractivity contribution is 5.51. The third kappa shape index (κ3) is 3.95. The summed E-state index contributed by atoms with van der Waals surface area (Å²) < 4.78 is 18.5. The van der Waals surface area contributed by atoms with Crippen LogP contribution >= 0.6 is 0 Å². The Morgan fingerprint density at radius 3 is 2.32 bits per heavy atom. The molecule has 3 N–H and O–H groups in total. The van der Waals surface area contributed by atoms with Crippen LogP contribution in [0.15, 0.2) is 34.1 Å². The molecule has 2 aromatic heterocycles. The number of imidazole rings is 1. The van der Waals surface area contributed by atoms with E-state index in [1.807, 2.05) is 20.8 Å². The van der Waals surface area contributed by atoms with Gasteiger partial charge in [-0.1, -0.05) is 26.8 Å². The molecule has 0 aliphatic rings. The molecule has 0 saturated heterocycles. The minimum absolute atomic E-state index is 0.0470. The number of hydrogen-bond acceptors (Lipinski definition) is 4. The summed E-state index contributed by atoms with van der Waals surface area (Å²) in [6.07, 6.45) is 4.52. The van der Waals surface area contributed by atoms with Crippen LogP contribution < -0.4 is 26.6 Å². The Labute approximate surface area is 159 Å². The lowest BCUT2D eigenvalue weighted by atomic mass is 9.90. The lowest BCUT2D eigenvalue weighted by Crippen LogP contribution is -2.46. The molecule has 2 heterocycles. The molecule has 0 spiro atoms. The Morgan fingerprint density at radius 2 is 1.71 bits per heavy atom. The Bertz CT molecular complexity index is 1250. The summed E-state index contributed by atoms with van der Waals surface area (Å²) in [5.41, 5.74) is 0.781. The SMILES string of the molecule is COc1cc(/C=c2/[nH]c(=O)/c(=C\c3nc[nH]c3C(C)(C)C)[nH]c2=O)ccc1F. The normalized spacial score (nSPS) is 13.2. The molecule has 0 aliphatic carbocycles. The summed E-state index contributed by atoms with van der Waals surface area (Å²) in [4.78, 5) is 37.3. The predicted octanol–water partition coefficient (Wildman–Crippen LogP) is 0.889. The first-order valence-electron chi connectivity index (χ1n) is 8.62. The molecule has 0 radical (unpaired) electrons. The van der Waals surface area contributed by atoms with Crippen LogP contribution in [0.25, 0.3) is 12.2 Å². The number of rotatable bonds is 3. The fourth-order valence-electron chi connectivity index (χ4n) is 2.78. The minimum Gasteiger partial charge on any atom is -0.494 e. The average molecular weight is 384 g/mol. The molecule has 3 aromatic rings. The quantitative estimate of drug-likeness (QED) is 0.624. The van der Waals surface area contributed by atoms with Gasteiger partial charge in [0, 0.05) is 11.1 Å². The van der Waals surface area contributed by atoms with Crippen LogP contribution in [-0.2, 0) is 5.41 Å². The van der Waals surface area contributed by atoms with E-state index in [0.29, 0.717) is 11.3 Å². The number of hydrogen-bond donors (Lipinski definition) is 3. The van der Waals surface area contributed by atoms with Gasteiger partial charge in [-0.15, -0.1) is 0 Å². The Balaban J connectivity index is 2.12. The Kier molecular flexibility index (Phi) is 5.04. The summed E-state index contributed by atoms with van der Waals surface area (Å²) in [5, 5.41) is 0.144. The maximum Gasteiger partial charge on any atom is 0.272 e. The van der Waals surface area contributed by atoms with Gasteiger partial charge < -0.3 is 19.7 Å². The van der Waals surface area contributed by atoms with E-state index in [2.05, 4.69) is 19.9 Å². The van der Waals surface area contributed by atoms with E-state index in [4.69, 9.17) is 4.74 Å². The van der Waals surface area contributed by atoms with Crippen LogP contribution in [0, 0.1) is 5.82 Å². The number of nitrogens with zero attached hydrogens (tertiary/aromatic N) is 1. The van der Waals surface area contributed by atoms with Crippen LogP contribution in [0.1, 0.15) is 37.7 Å². The highest BCUT2D eigenvalue weighted by Crippen LogP contribution is 2.22. The second kappa shape index (κ2) is 7.30. The monoisotopic (exact) mass is 384 g/mol. The zero-order valence-corrected chi connectivity index (χ0v) is 16.0. The number of halogens is 1. The number of aromatic amines is 3. The van der Waals surface area contributed by atoms with E-state index in [1.165, 1.54) is 37.5 Å². The van der Waals surface area contributed by atoms with Crippen molar-refractivity contribution in [3.63, 3.8) is 0 Å². The molecule has 0 aliphatic heterocycles. The van der Waals surface area contributed by atoms with Crippen molar-refractivity contribution in [1.82, 2.24) is 19.9 Å². The summed E-state index contributed by atoms with van der Waals surface area (Å²) >= 11 is 0. The molecule has 146 valence electrons. The summed E-state index contributed by atoms with van der Waals surface area (Å²) in [6.45, 7) is 6.04. The third-order valence-electron chi connectivity index (χ3n) is 4.17. The van der Waals surface area contributed by atoms with E-state index in [0.717, 1.165) is 5.69 Å². The number of ether oxygens (including phenoxy) is 1. The van der Waals surface area contributed by atoms with E-state index >= 15 is 0 Å². The predicted molar refractivity (Wildman–Crippen MR) is 104 cm³/mol. The van der Waals surface area contributed by atoms with Crippen molar-refractivity contribution in [2.45, 2.75) is 26.2 Å². The highest BCUT2D eigenvalue weighted by atomic mass is 19.1. The Morgan fingerprint density at radius 1 is 1.07 bits per heavy atom. The van der Waals surface area contributed by atoms with Gasteiger partial charge in [0.1, 0.15) is 10.7 Å². The van der Waals surface area contributed by atoms with Crippen molar-refractivity contribution in [3.8, 4) is 5.75 Å². The molecule has 0 unspecified atom stereocenters. The molecule has 0 saturated carbocycles. The molecule has 7 nitrogen and oxygen atoms in total. The first kappa shape index (κ1) is 19.3. The van der Waals surface area contributed by atoms with E-state index < -0.39 is 16.9 Å². The van der Waals surface area contributed by atoms with Gasteiger partial charge in [0.25, 0.3) is 11.1 Å². The van der Waals surface area contributed by atoms with Crippen LogP contribution in [0.2, 0.25) is 0 Å². The van der Waals surface area contributed by atoms with Gasteiger partial charge in [0.2, 0.25) is 0 Å². The van der Waals surface area contributed by atoms with Gasteiger partial charge in [-0.2, -0.15) is 0 Å². The van der Waals surface area contributed by atoms with Gasteiger partial charge in [-0.25, -0.2) is 9.37 Å². The molecule has 1 aromatic carbocycles. The van der Waals surface area contributed by atoms with Crippen molar-refractivity contribution in [3.05, 3.63) is 78.7 Å². The van der Waals surface area contributed by atoms with Crippen molar-refractivity contribution in [2.75, 3.05) is 7.11 Å². The molecule has 3 rings (SSSR count). The number of H-pyrrole nitrogens is 3. The van der Waals surface area contributed by atoms with E-state index in [9.17, 15) is 14.0 Å². The highest BCUT2D eigenvalue weighted by Gasteiger charge is 2.19. The molecular formula is C20H21FN4O3. The fraction of sp³-hybridized carbons (Fsp3) is 0.250. The largest absolute Gasteiger partial charge is 0.494 e. The van der Waals surface area contributed by atoms with Gasteiger partial charge >= 0.3 is 0 Å². The van der Waals surface area contributed by atoms with Gasteiger partial charge in [0.15, 0.2) is 11.6 Å². The van der Waals surface area contributed by atoms with Gasteiger partial charge in [-0.3, -0.25) is 9.59 Å². The topological polar surface area (TPSA) is 104 Å². The van der Waals surface area contributed by atoms with Crippen LogP contribution in [0.4, 0.5) is 4.39 Å². The average Bonchev–Trinajstić information content (AvgIpc) is 3.09. The zero-order chi connectivity index (χ0) is 20.5. The second-order valence-corrected chi connectivity index (χ2v) is 7.33. The van der Waals surface area contributed by atoms with Crippen molar-refractivity contribution in [2.24, 2.45) is 0 Å². The molecule has 0 bridgehead atoms. The van der Waals surface area contributed by atoms with Gasteiger partial charge in [0.05, 0.1) is 19.1 Å². The lowest BCUT2D eigenvalue weighted by molar-refractivity contribution is 0.386. The van der Waals surface area contributed by atoms with Crippen LogP contribution in [0.5, 0.6) is 5.75 Å². The van der Waals surface area contributed by atoms with Crippen molar-refractivity contribution >= 4 is 12.2 Å². The Hall–Kier alpha value is -3.42. The zero-order valence-electron chi connectivity index (χ0n) is 16.0. The van der Waals surface area contributed by atoms with Crippen LogP contribution in [-0.4, -0.2) is 27.0 Å². The molecule has 0 fully saturated rings. The molecule has 0 atom stereocenters. The molecule has 28 heavy (non-hydrogen) atoms. The molecule has 8 heteroatoms. The number of methoxy groups -OCH3 is 1. The second-order valence-electron chi connectivity index (χ2n) is 7.33. The number of benzene rings is 1. The maximum atomic E-state index is 13.5. The van der Waals surface area contributed by atoms with E-state index in [-0.39, 0.29) is 21.9 Å². The molecule has 0 amide bonds. The third-order valence-corrected chi connectivity index (χ3v) is 4.17. The standard InChI is InChI=1S/C20H21FN4O3/c1-20(2,3)17-13(22-10-23-17)9-15-19(27)24-14(18(26)25-15)7-11-5-6-12(21)16(8-11)28-4/h5-10H,1-4H3,(H,22,23)(H,24,27)(H,25,26)/b14-7+,15-9+. The smallest absolute Gasteiger partial charge is 0.272 e. The van der Waals surface area contributed by atoms with E-state index in [1.54, 1.807) is 6.33 Å². The first-order chi connectivity index (χ1) is 13.2. The van der Waals surface area contributed by atoms with Crippen molar-refractivity contribution < 1.29 is 9.13 Å². The van der Waals surface area contributed by atoms with Gasteiger partial charge in [-0.05, 0) is 29.8 Å². The fourth-order valence-corrected chi connectivity index (χ4v) is 2.78. The first-order valence-corrected chi connectivity index (χ1v) is 8.62. The number of nitrogens with one attached hydrogen (secondary N) is 3. The molecular weight excluding hydrogens is 363 g/mol. The summed E-state index contributed by atoms with van der Waals surface area (Å²) in [5.74, 6) is -0.466. The summed E-state index contributed by atoms with van der Waals surface area (Å²) in [6, 6.07) is 4.14. The van der Waals surface area contributed by atoms with Crippen molar-refractivity contribution in [1.29, 1.82) is 0 Å². The minimum atomic E-state index is -0.513. The lowest BCUT2D eigenvalue weighted by Gasteiger charge is -2.16. The van der Waals surface area contributed by atoms with Crippen LogP contribution in [0.3, 0.4) is 0 Å². The number of aromatic nitrogens is 4. The maximum absolute atomic E-state index is 13.5.